The first-order valence-corrected chi connectivity index (χ1v) is 27.1. The number of ether oxygens (including phenoxy) is 1. The molecule has 0 spiro atoms. The predicted octanol–water partition coefficient (Wildman–Crippen LogP) is 4.59. The van der Waals surface area contributed by atoms with Gasteiger partial charge < -0.3 is 42.1 Å². The van der Waals surface area contributed by atoms with Crippen LogP contribution >= 0.6 is 39.1 Å². The molecule has 480 valence electrons. The fourth-order valence-corrected chi connectivity index (χ4v) is 8.74. The molecule has 6 heterocycles. The molecule has 90 heavy (non-hydrogen) atoms. The van der Waals surface area contributed by atoms with E-state index in [9.17, 15) is 35.1 Å². The van der Waals surface area contributed by atoms with Crippen molar-refractivity contribution in [2.24, 2.45) is 0 Å². The van der Waals surface area contributed by atoms with Crippen LogP contribution in [0.15, 0.2) is 139 Å². The van der Waals surface area contributed by atoms with Gasteiger partial charge in [0.15, 0.2) is 0 Å². The molecule has 0 aliphatic carbocycles. The van der Waals surface area contributed by atoms with Gasteiger partial charge >= 0.3 is 19.0 Å². The number of anilines is 3. The molecule has 12 rings (SSSR count). The molecule has 0 amide bonds. The first-order valence-electron chi connectivity index (χ1n) is 25.5. The minimum atomic E-state index is -1.83. The van der Waals surface area contributed by atoms with Crippen LogP contribution in [0.3, 0.4) is 0 Å². The van der Waals surface area contributed by atoms with E-state index < -0.39 is 53.7 Å². The second kappa shape index (κ2) is 36.9. The lowest BCUT2D eigenvalue weighted by Gasteiger charge is -2.40. The van der Waals surface area contributed by atoms with Gasteiger partial charge in [-0.05, 0) is 115 Å². The number of halogens is 11. The van der Waals surface area contributed by atoms with Crippen molar-refractivity contribution >= 4 is 81.2 Å². The van der Waals surface area contributed by atoms with E-state index in [2.05, 4.69) is 76.9 Å². The van der Waals surface area contributed by atoms with E-state index in [1.165, 1.54) is 65.5 Å². The lowest BCUT2D eigenvalue weighted by Crippen LogP contribution is -2.74. The number of quaternary nitrogens is 2. The summed E-state index contributed by atoms with van der Waals surface area (Å²) in [7, 11) is -1.83. The fraction of sp³-hybridized carbons (Fsp3) is 0.170. The van der Waals surface area contributed by atoms with E-state index in [0.29, 0.717) is 28.5 Å². The second-order valence-electron chi connectivity index (χ2n) is 18.2. The quantitative estimate of drug-likeness (QED) is 0.0536. The summed E-state index contributed by atoms with van der Waals surface area (Å²) < 4.78 is 112. The summed E-state index contributed by atoms with van der Waals surface area (Å²) in [6.45, 7) is 10.4. The van der Waals surface area contributed by atoms with Gasteiger partial charge in [0.1, 0.15) is 71.8 Å². The highest BCUT2D eigenvalue weighted by Gasteiger charge is 2.25. The molecule has 6 aromatic carbocycles. The zero-order valence-electron chi connectivity index (χ0n) is 47.1. The molecule has 2 aliphatic rings. The molecule has 4 aromatic heterocycles. The van der Waals surface area contributed by atoms with Gasteiger partial charge in [-0.3, -0.25) is 4.90 Å². The number of nitrogens with zero attached hydrogens (tertiary/aromatic N) is 12. The number of nitrogens with two attached hydrogens (primary N) is 3. The molecule has 10 aromatic rings. The number of benzene rings is 6. The van der Waals surface area contributed by atoms with Gasteiger partial charge in [0.05, 0.1) is 30.3 Å². The molecule has 0 bridgehead atoms. The van der Waals surface area contributed by atoms with Crippen molar-refractivity contribution in [1.82, 2.24) is 69.7 Å². The molecule has 2 fully saturated rings. The molecule has 0 atom stereocenters. The van der Waals surface area contributed by atoms with Crippen molar-refractivity contribution in [2.45, 2.75) is 19.9 Å². The van der Waals surface area contributed by atoms with Crippen LogP contribution in [0.4, 0.5) is 64.6 Å². The van der Waals surface area contributed by atoms with E-state index in [0.717, 1.165) is 118 Å². The highest BCUT2D eigenvalue weighted by Crippen LogP contribution is 2.22. The van der Waals surface area contributed by atoms with Gasteiger partial charge in [-0.15, -0.1) is 21.2 Å². The van der Waals surface area contributed by atoms with Crippen molar-refractivity contribution in [2.75, 3.05) is 50.4 Å². The number of rotatable bonds is 9. The van der Waals surface area contributed by atoms with Crippen molar-refractivity contribution in [3.63, 3.8) is 0 Å². The van der Waals surface area contributed by atoms with E-state index in [4.69, 9.17) is 54.1 Å². The highest BCUT2D eigenvalue weighted by molar-refractivity contribution is 9.10. The minimum Gasteiger partial charge on any atom is -0.423 e. The van der Waals surface area contributed by atoms with Crippen LogP contribution < -0.4 is 32.8 Å². The summed E-state index contributed by atoms with van der Waals surface area (Å²) in [6.07, 6.45) is 5.22. The van der Waals surface area contributed by atoms with Crippen LogP contribution in [0.1, 0.15) is 11.1 Å². The van der Waals surface area contributed by atoms with Gasteiger partial charge in [0.25, 0.3) is 0 Å². The molecular formula is C53H58BBrCl2F8N18O7+2. The molecule has 2 aliphatic heterocycles. The number of nitrogens with one attached hydrogen (secondary N) is 3. The SMILES string of the molecule is C1CN(C2CNC2)CCO1.Cc1cc(Cl)cc(Br)c1.Cc1cc(Cl)cc(Nc2ncn(-c3cc(F)cc(F)c3)n2)c1.Nc1ncn(-c2cc(F)cc(F)c2)n1.O.O.OB(O)c1cc(F)cc(F)c1.O[NH2+]c1ncn(-c2cc(F)cc(F)c2)n1.O[NH2+]c1ncn[nH]1. The minimum absolute atomic E-state index is 0. The highest BCUT2D eigenvalue weighted by atomic mass is 79.9. The van der Waals surface area contributed by atoms with E-state index in [-0.39, 0.29) is 45.4 Å². The normalized spacial score (nSPS) is 12.2. The Morgan fingerprint density at radius 2 is 1.07 bits per heavy atom. The molecule has 2 saturated heterocycles. The van der Waals surface area contributed by atoms with Crippen molar-refractivity contribution in [3.8, 4) is 17.1 Å². The number of aromatic nitrogens is 12. The lowest BCUT2D eigenvalue weighted by molar-refractivity contribution is -0.830. The third-order valence-electron chi connectivity index (χ3n) is 11.3. The first kappa shape index (κ1) is 74.1. The van der Waals surface area contributed by atoms with Crippen LogP contribution in [0, 0.1) is 60.4 Å². The number of aryl methyl sites for hydroxylation is 2. The monoisotopic (exact) mass is 1370 g/mol. The number of morpholine rings is 1. The maximum atomic E-state index is 13.2. The summed E-state index contributed by atoms with van der Waals surface area (Å²) in [5, 5.41) is 58.9. The summed E-state index contributed by atoms with van der Waals surface area (Å²) in [6, 6.07) is 23.6. The molecule has 0 radical (unpaired) electrons. The predicted molar refractivity (Wildman–Crippen MR) is 317 cm³/mol. The number of H-pyrrole nitrogens is 1. The summed E-state index contributed by atoms with van der Waals surface area (Å²) in [5.74, 6) is -4.95. The van der Waals surface area contributed by atoms with Crippen LogP contribution in [0.2, 0.25) is 10.0 Å². The van der Waals surface area contributed by atoms with E-state index >= 15 is 0 Å². The molecule has 17 N–H and O–H groups in total. The molecule has 0 unspecified atom stereocenters. The third kappa shape index (κ3) is 25.2. The molecular weight excluding hydrogens is 1310 g/mol. The summed E-state index contributed by atoms with van der Waals surface area (Å²) in [4.78, 5) is 17.4. The number of aromatic amines is 1. The summed E-state index contributed by atoms with van der Waals surface area (Å²) >= 11 is 15.0. The Bertz CT molecular complexity index is 3650. The van der Waals surface area contributed by atoms with Gasteiger partial charge in [0, 0.05) is 76.7 Å². The van der Waals surface area contributed by atoms with Crippen LogP contribution in [-0.2, 0) is 4.74 Å². The zero-order valence-corrected chi connectivity index (χ0v) is 50.2. The second-order valence-corrected chi connectivity index (χ2v) is 20.0. The third-order valence-corrected chi connectivity index (χ3v) is 12.2. The Labute approximate surface area is 525 Å². The largest absolute Gasteiger partial charge is 0.488 e. The molecule has 0 saturated carbocycles. The van der Waals surface area contributed by atoms with E-state index in [1.54, 1.807) is 6.07 Å². The standard InChI is InChI=1S/C15H11ClF2N4.C8H6F2N4O.C8H6F2N4.C7H6BrCl.C7H14N2O.C6H5BF2O2.C2H4N4O.2H2O/c1-9-2-10(16)4-13(3-9)20-15-19-8-22(21-15)14-6-11(17)5-12(18)7-14;9-5-1-6(10)3-7(2-5)14-4-11-8(12-14)13-15;9-5-1-6(10)3-7(2-5)14-4-12-8(11)13-14;1-5-2-6(8)4-7(9)3-5;1-3-10-4-2-9(1)7-5-8-6-7;8-5-1-4(7(10)11)2-6(9)3-5;7-6-2-3-1-4-5-2;;/h2-8H,1H3,(H,20,21);1-4,15H,(H,12,13);1-4H,(H2,11,13);2-4H,1H3;7-8H,1-6H2;1-3,10-11H;1,7H,(H2,3,4,5,6);2*1H2/p+2. The Morgan fingerprint density at radius 3 is 1.46 bits per heavy atom. The summed E-state index contributed by atoms with van der Waals surface area (Å²) in [5.41, 5.74) is 10.2. The number of nitrogen functional groups attached to an aromatic ring is 1. The van der Waals surface area contributed by atoms with Gasteiger partial charge in [-0.25, -0.2) is 69.7 Å². The molecule has 25 nitrogen and oxygen atoms in total. The lowest BCUT2D eigenvalue weighted by atomic mass is 9.80. The Hall–Kier alpha value is -8.40. The van der Waals surface area contributed by atoms with Crippen molar-refractivity contribution < 1.29 is 82.2 Å². The topological polar surface area (TPSA) is 373 Å². The van der Waals surface area contributed by atoms with E-state index in [1.807, 2.05) is 44.2 Å². The van der Waals surface area contributed by atoms with Crippen molar-refractivity contribution in [3.05, 3.63) is 207 Å². The average Bonchev–Trinajstić information content (AvgIpc) is 2.89. The van der Waals surface area contributed by atoms with Gasteiger partial charge in [-0.1, -0.05) is 44.2 Å². The van der Waals surface area contributed by atoms with Crippen LogP contribution in [0.5, 0.6) is 0 Å². The van der Waals surface area contributed by atoms with Crippen LogP contribution in [0.25, 0.3) is 17.1 Å². The first-order chi connectivity index (χ1) is 42.0. The maximum absolute atomic E-state index is 13.2. The van der Waals surface area contributed by atoms with Gasteiger partial charge in [-0.2, -0.15) is 20.1 Å². The Balaban J connectivity index is 0.000000230. The Morgan fingerprint density at radius 1 is 0.600 bits per heavy atom. The average molecular weight is 1370 g/mol. The fourth-order valence-electron chi connectivity index (χ4n) is 7.42. The van der Waals surface area contributed by atoms with Crippen LogP contribution in [-0.4, -0.2) is 148 Å². The number of hydrogen-bond donors (Lipinski definition) is 10. The van der Waals surface area contributed by atoms with Crippen molar-refractivity contribution in [1.29, 1.82) is 0 Å². The zero-order chi connectivity index (χ0) is 63.9. The van der Waals surface area contributed by atoms with Gasteiger partial charge in [0.2, 0.25) is 11.9 Å². The molecule has 37 heteroatoms. The Kier molecular flexibility index (Phi) is 30.4. The maximum Gasteiger partial charge on any atom is 0.488 e. The smallest absolute Gasteiger partial charge is 0.423 e. The number of hydrogen-bond acceptors (Lipinski definition) is 17.